The number of amides is 3. The highest BCUT2D eigenvalue weighted by Crippen LogP contribution is 2.22. The molecule has 6 heteroatoms. The Balaban J connectivity index is 1.53. The molecule has 0 unspecified atom stereocenters. The van der Waals surface area contributed by atoms with Crippen LogP contribution in [0.5, 0.6) is 0 Å². The van der Waals surface area contributed by atoms with E-state index in [2.05, 4.69) is 0 Å². The Morgan fingerprint density at radius 3 is 2.50 bits per heavy atom. The smallest absolute Gasteiger partial charge is 0.320 e. The number of piperidine rings is 1. The highest BCUT2D eigenvalue weighted by atomic mass is 35.5. The highest BCUT2D eigenvalue weighted by molar-refractivity contribution is 6.31. The highest BCUT2D eigenvalue weighted by Gasteiger charge is 2.35. The lowest BCUT2D eigenvalue weighted by Crippen LogP contribution is -2.48. The van der Waals surface area contributed by atoms with Gasteiger partial charge in [-0.25, -0.2) is 4.79 Å². The summed E-state index contributed by atoms with van der Waals surface area (Å²) in [5.41, 5.74) is 0.875. The summed E-state index contributed by atoms with van der Waals surface area (Å²) in [6.07, 6.45) is 2.06. The molecule has 5 nitrogen and oxygen atoms in total. The van der Waals surface area contributed by atoms with Crippen molar-refractivity contribution in [2.24, 2.45) is 0 Å². The number of likely N-dealkylation sites (tertiary alicyclic amines) is 1. The van der Waals surface area contributed by atoms with E-state index in [-0.39, 0.29) is 18.0 Å². The first kappa shape index (κ1) is 17.1. The lowest BCUT2D eigenvalue weighted by molar-refractivity contribution is -0.131. The van der Waals surface area contributed by atoms with Crippen LogP contribution in [0.25, 0.3) is 0 Å². The van der Waals surface area contributed by atoms with Crippen LogP contribution < -0.4 is 0 Å². The third-order valence-electron chi connectivity index (χ3n) is 5.07. The van der Waals surface area contributed by atoms with Crippen LogP contribution in [0.3, 0.4) is 0 Å². The first-order chi connectivity index (χ1) is 11.6. The van der Waals surface area contributed by atoms with Crippen molar-refractivity contribution in [3.05, 3.63) is 34.9 Å². The molecular weight excluding hydrogens is 326 g/mol. The molecule has 1 aromatic carbocycles. The number of rotatable bonds is 4. The van der Waals surface area contributed by atoms with Crippen LogP contribution in [-0.4, -0.2) is 65.4 Å². The molecule has 0 atom stereocenters. The van der Waals surface area contributed by atoms with Gasteiger partial charge in [0.2, 0.25) is 5.91 Å². The molecule has 3 amide bonds. The molecule has 3 rings (SSSR count). The summed E-state index contributed by atoms with van der Waals surface area (Å²) < 4.78 is 0. The summed E-state index contributed by atoms with van der Waals surface area (Å²) in [4.78, 5) is 30.5. The van der Waals surface area contributed by atoms with Crippen LogP contribution in [0, 0.1) is 0 Å². The topological polar surface area (TPSA) is 43.9 Å². The van der Waals surface area contributed by atoms with E-state index in [1.165, 1.54) is 0 Å². The number of benzene rings is 1. The number of likely N-dealkylation sites (N-methyl/N-ethyl adjacent to an activating group) is 1. The van der Waals surface area contributed by atoms with Gasteiger partial charge < -0.3 is 14.7 Å². The molecule has 2 heterocycles. The van der Waals surface area contributed by atoms with Gasteiger partial charge >= 0.3 is 6.03 Å². The Kier molecular flexibility index (Phi) is 5.29. The van der Waals surface area contributed by atoms with E-state index in [0.717, 1.165) is 38.0 Å². The third kappa shape index (κ3) is 3.51. The second-order valence-corrected chi connectivity index (χ2v) is 6.84. The molecule has 2 fully saturated rings. The minimum atomic E-state index is 0.115. The van der Waals surface area contributed by atoms with Crippen LogP contribution in [0.4, 0.5) is 4.79 Å². The quantitative estimate of drug-likeness (QED) is 0.838. The van der Waals surface area contributed by atoms with Gasteiger partial charge in [0, 0.05) is 43.8 Å². The van der Waals surface area contributed by atoms with Crippen molar-refractivity contribution < 1.29 is 9.59 Å². The van der Waals surface area contributed by atoms with Crippen LogP contribution in [0.1, 0.15) is 25.3 Å². The van der Waals surface area contributed by atoms with Gasteiger partial charge in [0.1, 0.15) is 0 Å². The van der Waals surface area contributed by atoms with Gasteiger partial charge in [-0.1, -0.05) is 29.8 Å². The van der Waals surface area contributed by atoms with E-state index < -0.39 is 0 Å². The van der Waals surface area contributed by atoms with Crippen LogP contribution in [0.15, 0.2) is 24.3 Å². The molecule has 0 spiro atoms. The molecule has 24 heavy (non-hydrogen) atoms. The lowest BCUT2D eigenvalue weighted by Gasteiger charge is -2.36. The molecule has 0 radical (unpaired) electrons. The van der Waals surface area contributed by atoms with Crippen molar-refractivity contribution in [2.75, 3.05) is 32.7 Å². The van der Waals surface area contributed by atoms with E-state index in [9.17, 15) is 9.59 Å². The Morgan fingerprint density at radius 1 is 1.17 bits per heavy atom. The zero-order chi connectivity index (χ0) is 17.1. The molecule has 0 aliphatic carbocycles. The summed E-state index contributed by atoms with van der Waals surface area (Å²) in [6.45, 7) is 5.83. The third-order valence-corrected chi connectivity index (χ3v) is 5.43. The summed E-state index contributed by atoms with van der Waals surface area (Å²) >= 11 is 6.14. The predicted molar refractivity (Wildman–Crippen MR) is 94.1 cm³/mol. The van der Waals surface area contributed by atoms with Crippen molar-refractivity contribution in [1.29, 1.82) is 0 Å². The van der Waals surface area contributed by atoms with Crippen molar-refractivity contribution >= 4 is 23.5 Å². The molecular formula is C18H24ClN3O2. The van der Waals surface area contributed by atoms with E-state index in [1.54, 1.807) is 0 Å². The average molecular weight is 350 g/mol. The van der Waals surface area contributed by atoms with Crippen LogP contribution in [-0.2, 0) is 11.2 Å². The van der Waals surface area contributed by atoms with Gasteiger partial charge in [0.15, 0.2) is 0 Å². The van der Waals surface area contributed by atoms with E-state index in [4.69, 9.17) is 11.6 Å². The maximum absolute atomic E-state index is 12.5. The van der Waals surface area contributed by atoms with Crippen LogP contribution >= 0.6 is 11.6 Å². The molecule has 2 saturated heterocycles. The number of halogens is 1. The molecule has 0 aromatic heterocycles. The minimum Gasteiger partial charge on any atom is -0.342 e. The maximum Gasteiger partial charge on any atom is 0.320 e. The van der Waals surface area contributed by atoms with Gasteiger partial charge in [-0.15, -0.1) is 0 Å². The Labute approximate surface area is 148 Å². The second-order valence-electron chi connectivity index (χ2n) is 6.44. The summed E-state index contributed by atoms with van der Waals surface area (Å²) in [7, 11) is 0. The first-order valence-corrected chi connectivity index (χ1v) is 9.04. The summed E-state index contributed by atoms with van der Waals surface area (Å²) in [5.74, 6) is 0.115. The normalized spacial score (nSPS) is 19.2. The van der Waals surface area contributed by atoms with Crippen molar-refractivity contribution in [3.63, 3.8) is 0 Å². The number of carbonyl (C=O) groups excluding carboxylic acids is 2. The predicted octanol–water partition coefficient (Wildman–Crippen LogP) is 2.63. The zero-order valence-corrected chi connectivity index (χ0v) is 14.8. The summed E-state index contributed by atoms with van der Waals surface area (Å²) in [6, 6.07) is 7.90. The molecule has 2 aliphatic heterocycles. The Hall–Kier alpha value is -1.75. The summed E-state index contributed by atoms with van der Waals surface area (Å²) in [5, 5.41) is 0.642. The Bertz CT molecular complexity index is 614. The molecule has 2 aliphatic rings. The minimum absolute atomic E-state index is 0.115. The zero-order valence-electron chi connectivity index (χ0n) is 14.1. The fraction of sp³-hybridized carbons (Fsp3) is 0.556. The first-order valence-electron chi connectivity index (χ1n) is 8.67. The maximum atomic E-state index is 12.5. The van der Waals surface area contributed by atoms with Gasteiger partial charge in [-0.05, 0) is 31.4 Å². The van der Waals surface area contributed by atoms with Crippen LogP contribution in [0.2, 0.25) is 5.02 Å². The molecule has 0 N–H and O–H groups in total. The van der Waals surface area contributed by atoms with Gasteiger partial charge in [-0.2, -0.15) is 0 Å². The number of carbonyl (C=O) groups is 2. The van der Waals surface area contributed by atoms with Gasteiger partial charge in [-0.3, -0.25) is 4.79 Å². The van der Waals surface area contributed by atoms with Crippen molar-refractivity contribution in [2.45, 2.75) is 32.2 Å². The second kappa shape index (κ2) is 7.43. The molecule has 0 bridgehead atoms. The molecule has 0 saturated carbocycles. The van der Waals surface area contributed by atoms with E-state index in [1.807, 2.05) is 45.9 Å². The number of urea groups is 1. The lowest BCUT2D eigenvalue weighted by atomic mass is 10.0. The fourth-order valence-corrected chi connectivity index (χ4v) is 3.78. The van der Waals surface area contributed by atoms with Crippen molar-refractivity contribution in [1.82, 2.24) is 14.7 Å². The largest absolute Gasteiger partial charge is 0.342 e. The van der Waals surface area contributed by atoms with E-state index in [0.29, 0.717) is 24.5 Å². The molecule has 130 valence electrons. The standard InChI is InChI=1S/C18H24ClN3O2/c1-2-20-11-12-22(18(20)24)15-7-9-21(10-8-15)17(23)13-14-5-3-4-6-16(14)19/h3-6,15H,2,7-13H2,1H3. The number of hydrogen-bond donors (Lipinski definition) is 0. The fourth-order valence-electron chi connectivity index (χ4n) is 3.58. The SMILES string of the molecule is CCN1CCN(C2CCN(C(=O)Cc3ccccc3Cl)CC2)C1=O. The van der Waals surface area contributed by atoms with Crippen molar-refractivity contribution in [3.8, 4) is 0 Å². The van der Waals surface area contributed by atoms with Gasteiger partial charge in [0.05, 0.1) is 6.42 Å². The molecule has 1 aromatic rings. The van der Waals surface area contributed by atoms with E-state index >= 15 is 0 Å². The number of nitrogens with zero attached hydrogens (tertiary/aromatic N) is 3. The number of hydrogen-bond acceptors (Lipinski definition) is 2. The van der Waals surface area contributed by atoms with Gasteiger partial charge in [0.25, 0.3) is 0 Å². The monoisotopic (exact) mass is 349 g/mol. The Morgan fingerprint density at radius 2 is 1.88 bits per heavy atom. The average Bonchev–Trinajstić information content (AvgIpc) is 2.97.